The molecule has 84 valence electrons. The largest absolute Gasteiger partial charge is 0.504 e. The number of aliphatic hydroxyl groups is 1. The average molecular weight is 210 g/mol. The van der Waals surface area contributed by atoms with E-state index in [-0.39, 0.29) is 18.3 Å². The number of aliphatic hydroxyl groups excluding tert-OH is 1. The van der Waals surface area contributed by atoms with E-state index in [1.54, 1.807) is 0 Å². The number of phenols is 1. The van der Waals surface area contributed by atoms with Crippen LogP contribution >= 0.6 is 0 Å². The van der Waals surface area contributed by atoms with Crippen molar-refractivity contribution in [2.75, 3.05) is 13.7 Å². The van der Waals surface area contributed by atoms with Gasteiger partial charge in [-0.2, -0.15) is 0 Å². The molecule has 0 fully saturated rings. The second-order valence-corrected chi connectivity index (χ2v) is 3.89. The van der Waals surface area contributed by atoms with Gasteiger partial charge in [0.2, 0.25) is 0 Å². The highest BCUT2D eigenvalue weighted by atomic mass is 16.5. The van der Waals surface area contributed by atoms with Crippen LogP contribution in [0.15, 0.2) is 6.07 Å². The Labute approximate surface area is 90.3 Å². The van der Waals surface area contributed by atoms with Gasteiger partial charge < -0.3 is 14.9 Å². The van der Waals surface area contributed by atoms with E-state index in [4.69, 9.17) is 9.84 Å². The van der Waals surface area contributed by atoms with E-state index in [1.807, 2.05) is 26.8 Å². The molecule has 0 aliphatic carbocycles. The summed E-state index contributed by atoms with van der Waals surface area (Å²) in [5.41, 5.74) is 2.65. The van der Waals surface area contributed by atoms with Crippen LogP contribution in [0.4, 0.5) is 0 Å². The Hall–Kier alpha value is -1.22. The van der Waals surface area contributed by atoms with Gasteiger partial charge >= 0.3 is 0 Å². The summed E-state index contributed by atoms with van der Waals surface area (Å²) in [4.78, 5) is 0. The molecule has 0 radical (unpaired) electrons. The van der Waals surface area contributed by atoms with Gasteiger partial charge in [-0.15, -0.1) is 0 Å². The molecule has 3 nitrogen and oxygen atoms in total. The summed E-state index contributed by atoms with van der Waals surface area (Å²) in [6.45, 7) is 5.70. The second-order valence-electron chi connectivity index (χ2n) is 3.89. The fourth-order valence-corrected chi connectivity index (χ4v) is 1.93. The Bertz CT molecular complexity index is 358. The number of aryl methyl sites for hydroxylation is 2. The van der Waals surface area contributed by atoms with E-state index in [9.17, 15) is 5.11 Å². The summed E-state index contributed by atoms with van der Waals surface area (Å²) in [5.74, 6) is 0.562. The number of rotatable bonds is 3. The third-order valence-corrected chi connectivity index (χ3v) is 2.66. The first-order valence-electron chi connectivity index (χ1n) is 5.00. The molecule has 0 spiro atoms. The smallest absolute Gasteiger partial charge is 0.163 e. The van der Waals surface area contributed by atoms with Gasteiger partial charge in [-0.05, 0) is 25.0 Å². The van der Waals surface area contributed by atoms with Crippen LogP contribution < -0.4 is 4.74 Å². The zero-order chi connectivity index (χ0) is 11.6. The normalized spacial score (nSPS) is 12.6. The summed E-state index contributed by atoms with van der Waals surface area (Å²) < 4.78 is 5.13. The number of benzene rings is 1. The predicted molar refractivity (Wildman–Crippen MR) is 59.6 cm³/mol. The molecule has 0 amide bonds. The van der Waals surface area contributed by atoms with Crippen molar-refractivity contribution in [3.63, 3.8) is 0 Å². The molecule has 1 rings (SSSR count). The minimum absolute atomic E-state index is 0.0145. The van der Waals surface area contributed by atoms with Gasteiger partial charge in [0.15, 0.2) is 11.5 Å². The van der Waals surface area contributed by atoms with Crippen molar-refractivity contribution in [1.29, 1.82) is 0 Å². The first kappa shape index (κ1) is 11.9. The topological polar surface area (TPSA) is 49.7 Å². The Kier molecular flexibility index (Phi) is 3.58. The number of methoxy groups -OCH3 is 1. The number of phenolic OH excluding ortho intramolecular Hbond substituents is 1. The molecule has 0 bridgehead atoms. The summed E-state index contributed by atoms with van der Waals surface area (Å²) in [5, 5.41) is 19.1. The van der Waals surface area contributed by atoms with Crippen molar-refractivity contribution in [3.8, 4) is 11.5 Å². The Morgan fingerprint density at radius 2 is 1.93 bits per heavy atom. The lowest BCUT2D eigenvalue weighted by Gasteiger charge is -2.18. The Balaban J connectivity index is 3.38. The van der Waals surface area contributed by atoms with Gasteiger partial charge in [-0.25, -0.2) is 0 Å². The van der Waals surface area contributed by atoms with E-state index < -0.39 is 0 Å². The molecular weight excluding hydrogens is 192 g/mol. The Morgan fingerprint density at radius 3 is 2.40 bits per heavy atom. The zero-order valence-corrected chi connectivity index (χ0v) is 9.66. The lowest BCUT2D eigenvalue weighted by atomic mass is 9.93. The van der Waals surface area contributed by atoms with Gasteiger partial charge in [-0.3, -0.25) is 0 Å². The van der Waals surface area contributed by atoms with Crippen LogP contribution in [0.1, 0.15) is 29.5 Å². The molecule has 0 saturated carbocycles. The lowest BCUT2D eigenvalue weighted by Crippen LogP contribution is -2.04. The van der Waals surface area contributed by atoms with E-state index in [2.05, 4.69) is 0 Å². The summed E-state index contributed by atoms with van der Waals surface area (Å²) >= 11 is 0. The highest BCUT2D eigenvalue weighted by molar-refractivity contribution is 5.55. The van der Waals surface area contributed by atoms with E-state index in [0.29, 0.717) is 5.75 Å². The zero-order valence-electron chi connectivity index (χ0n) is 9.66. The third kappa shape index (κ3) is 2.07. The van der Waals surface area contributed by atoms with Gasteiger partial charge in [0.25, 0.3) is 0 Å². The SMILES string of the molecule is COc1c(C)cc(C)c(C(C)CO)c1O. The van der Waals surface area contributed by atoms with Crippen LogP contribution in [0.25, 0.3) is 0 Å². The quantitative estimate of drug-likeness (QED) is 0.803. The average Bonchev–Trinajstić information content (AvgIpc) is 2.17. The number of hydrogen-bond donors (Lipinski definition) is 2. The van der Waals surface area contributed by atoms with Crippen LogP contribution in [0.2, 0.25) is 0 Å². The van der Waals surface area contributed by atoms with E-state index >= 15 is 0 Å². The van der Waals surface area contributed by atoms with Crippen molar-refractivity contribution < 1.29 is 14.9 Å². The van der Waals surface area contributed by atoms with Crippen LogP contribution in [-0.4, -0.2) is 23.9 Å². The van der Waals surface area contributed by atoms with Crippen LogP contribution in [0, 0.1) is 13.8 Å². The van der Waals surface area contributed by atoms with Gasteiger partial charge in [0, 0.05) is 18.1 Å². The molecule has 0 aliphatic heterocycles. The fraction of sp³-hybridized carbons (Fsp3) is 0.500. The fourth-order valence-electron chi connectivity index (χ4n) is 1.93. The monoisotopic (exact) mass is 210 g/mol. The molecule has 15 heavy (non-hydrogen) atoms. The molecule has 1 aromatic rings. The lowest BCUT2D eigenvalue weighted by molar-refractivity contribution is 0.268. The molecular formula is C12H18O3. The molecule has 0 aromatic heterocycles. The minimum atomic E-state index is -0.0838. The van der Waals surface area contributed by atoms with Gasteiger partial charge in [-0.1, -0.05) is 13.0 Å². The molecule has 0 aliphatic rings. The van der Waals surface area contributed by atoms with E-state index in [1.165, 1.54) is 7.11 Å². The molecule has 1 aromatic carbocycles. The van der Waals surface area contributed by atoms with Crippen molar-refractivity contribution in [1.82, 2.24) is 0 Å². The summed E-state index contributed by atoms with van der Waals surface area (Å²) in [6.07, 6.45) is 0. The highest BCUT2D eigenvalue weighted by Gasteiger charge is 2.18. The van der Waals surface area contributed by atoms with Crippen molar-refractivity contribution in [2.45, 2.75) is 26.7 Å². The molecule has 2 N–H and O–H groups in total. The first-order chi connectivity index (χ1) is 7.02. The first-order valence-corrected chi connectivity index (χ1v) is 5.00. The minimum Gasteiger partial charge on any atom is -0.504 e. The molecule has 0 heterocycles. The number of ether oxygens (including phenoxy) is 1. The molecule has 1 atom stereocenters. The maximum Gasteiger partial charge on any atom is 0.163 e. The Morgan fingerprint density at radius 1 is 1.33 bits per heavy atom. The number of aromatic hydroxyl groups is 1. The van der Waals surface area contributed by atoms with Crippen molar-refractivity contribution in [3.05, 3.63) is 22.8 Å². The van der Waals surface area contributed by atoms with Crippen LogP contribution in [0.5, 0.6) is 11.5 Å². The van der Waals surface area contributed by atoms with E-state index in [0.717, 1.165) is 16.7 Å². The van der Waals surface area contributed by atoms with Crippen molar-refractivity contribution >= 4 is 0 Å². The summed E-state index contributed by atoms with van der Waals surface area (Å²) in [6, 6.07) is 1.96. The maximum atomic E-state index is 10.0. The second kappa shape index (κ2) is 4.53. The van der Waals surface area contributed by atoms with Crippen molar-refractivity contribution in [2.24, 2.45) is 0 Å². The van der Waals surface area contributed by atoms with Crippen LogP contribution in [0.3, 0.4) is 0 Å². The third-order valence-electron chi connectivity index (χ3n) is 2.66. The van der Waals surface area contributed by atoms with Gasteiger partial charge in [0.05, 0.1) is 7.11 Å². The predicted octanol–water partition coefficient (Wildman–Crippen LogP) is 2.11. The molecule has 0 saturated heterocycles. The van der Waals surface area contributed by atoms with Gasteiger partial charge in [0.1, 0.15) is 0 Å². The molecule has 3 heteroatoms. The maximum absolute atomic E-state index is 10.0. The standard InChI is InChI=1S/C12H18O3/c1-7-5-8(2)12(15-4)11(14)10(7)9(3)6-13/h5,9,13-14H,6H2,1-4H3. The highest BCUT2D eigenvalue weighted by Crippen LogP contribution is 2.39. The summed E-state index contributed by atoms with van der Waals surface area (Å²) in [7, 11) is 1.53. The molecule has 1 unspecified atom stereocenters. The number of hydrogen-bond acceptors (Lipinski definition) is 3. The van der Waals surface area contributed by atoms with Crippen LogP contribution in [-0.2, 0) is 0 Å².